The van der Waals surface area contributed by atoms with Crippen LogP contribution >= 0.6 is 0 Å². The van der Waals surface area contributed by atoms with Crippen molar-refractivity contribution in [3.05, 3.63) is 0 Å². The van der Waals surface area contributed by atoms with Gasteiger partial charge in [0.1, 0.15) is 18.0 Å². The summed E-state index contributed by atoms with van der Waals surface area (Å²) in [6, 6.07) is 0. The van der Waals surface area contributed by atoms with Crippen LogP contribution < -0.4 is 5.73 Å². The van der Waals surface area contributed by atoms with E-state index in [2.05, 4.69) is 4.74 Å². The Balaban J connectivity index is 2.76. The van der Waals surface area contributed by atoms with Crippen molar-refractivity contribution in [2.45, 2.75) is 43.3 Å². The molecule has 3 nitrogen and oxygen atoms in total. The third-order valence-corrected chi connectivity index (χ3v) is 2.42. The molecule has 0 amide bonds. The molecule has 1 rings (SSSR count). The minimum absolute atomic E-state index is 0.125. The van der Waals surface area contributed by atoms with E-state index in [1.165, 1.54) is 0 Å². The maximum Gasteiger partial charge on any atom is 0.425 e. The largest absolute Gasteiger partial charge is 0.425 e. The van der Waals surface area contributed by atoms with E-state index >= 15 is 0 Å². The highest BCUT2D eigenvalue weighted by Gasteiger charge is 2.62. The minimum Gasteiger partial charge on any atom is -0.385 e. The van der Waals surface area contributed by atoms with Gasteiger partial charge in [-0.15, -0.1) is 0 Å². The van der Waals surface area contributed by atoms with Crippen LogP contribution in [0.25, 0.3) is 0 Å². The van der Waals surface area contributed by atoms with Gasteiger partial charge in [0.15, 0.2) is 0 Å². The summed E-state index contributed by atoms with van der Waals surface area (Å²) in [5.74, 6) is -5.24. The van der Waals surface area contributed by atoms with Gasteiger partial charge in [0.25, 0.3) is 6.17 Å². The average Bonchev–Trinajstić information content (AvgIpc) is 2.64. The third kappa shape index (κ3) is 2.82. The summed E-state index contributed by atoms with van der Waals surface area (Å²) >= 11 is 0. The average molecular weight is 264 g/mol. The number of rotatable bonds is 3. The monoisotopic (exact) mass is 264 g/mol. The van der Waals surface area contributed by atoms with Gasteiger partial charge < -0.3 is 10.5 Å². The molecular formula is C8H10F6N2O. The lowest BCUT2D eigenvalue weighted by Crippen LogP contribution is -2.49. The number of hydrogen-bond acceptors (Lipinski definition) is 2. The summed E-state index contributed by atoms with van der Waals surface area (Å²) in [5.41, 5.74) is 4.96. The van der Waals surface area contributed by atoms with Crippen molar-refractivity contribution in [1.29, 1.82) is 5.41 Å². The second kappa shape index (κ2) is 4.35. The summed E-state index contributed by atoms with van der Waals surface area (Å²) in [6.07, 6.45) is -13.9. The first-order valence-corrected chi connectivity index (χ1v) is 4.64. The zero-order valence-corrected chi connectivity index (χ0v) is 8.40. The lowest BCUT2D eigenvalue weighted by atomic mass is 10.0. The quantitative estimate of drug-likeness (QED) is 0.465. The SMILES string of the molecule is N=C(N)C1CCC(C(F)(F)C(F)C(F)(F)F)O1. The first-order valence-electron chi connectivity index (χ1n) is 4.64. The van der Waals surface area contributed by atoms with Gasteiger partial charge in [-0.2, -0.15) is 13.2 Å². The van der Waals surface area contributed by atoms with E-state index in [-0.39, 0.29) is 6.42 Å². The second-order valence-electron chi connectivity index (χ2n) is 3.72. The lowest BCUT2D eigenvalue weighted by molar-refractivity contribution is -0.269. The van der Waals surface area contributed by atoms with E-state index < -0.39 is 42.7 Å². The van der Waals surface area contributed by atoms with Crippen LogP contribution in [0, 0.1) is 5.41 Å². The molecular weight excluding hydrogens is 254 g/mol. The molecule has 1 fully saturated rings. The molecule has 3 atom stereocenters. The summed E-state index contributed by atoms with van der Waals surface area (Å²) in [7, 11) is 0. The highest BCUT2D eigenvalue weighted by atomic mass is 19.4. The molecule has 3 unspecified atom stereocenters. The minimum atomic E-state index is -5.65. The predicted molar refractivity (Wildman–Crippen MR) is 45.7 cm³/mol. The maximum absolute atomic E-state index is 13.1. The Hall–Kier alpha value is -0.990. The van der Waals surface area contributed by atoms with Crippen LogP contribution in [0.15, 0.2) is 0 Å². The smallest absolute Gasteiger partial charge is 0.385 e. The number of nitrogens with two attached hydrogens (primary N) is 1. The molecule has 0 spiro atoms. The summed E-state index contributed by atoms with van der Waals surface area (Å²) in [6.45, 7) is 0. The van der Waals surface area contributed by atoms with Gasteiger partial charge >= 0.3 is 12.1 Å². The van der Waals surface area contributed by atoms with Crippen molar-refractivity contribution in [3.8, 4) is 0 Å². The van der Waals surface area contributed by atoms with Crippen molar-refractivity contribution in [1.82, 2.24) is 0 Å². The highest BCUT2D eigenvalue weighted by molar-refractivity contribution is 5.81. The summed E-state index contributed by atoms with van der Waals surface area (Å²) in [5, 5.41) is 6.91. The van der Waals surface area contributed by atoms with E-state index in [4.69, 9.17) is 11.1 Å². The van der Waals surface area contributed by atoms with Crippen LogP contribution in [0.3, 0.4) is 0 Å². The Morgan fingerprint density at radius 3 is 2.12 bits per heavy atom. The van der Waals surface area contributed by atoms with Crippen molar-refractivity contribution in [2.75, 3.05) is 0 Å². The van der Waals surface area contributed by atoms with Gasteiger partial charge in [-0.1, -0.05) is 0 Å². The Bertz CT molecular complexity index is 305. The van der Waals surface area contributed by atoms with Crippen LogP contribution in [-0.2, 0) is 4.74 Å². The molecule has 0 aromatic carbocycles. The fourth-order valence-electron chi connectivity index (χ4n) is 1.53. The van der Waals surface area contributed by atoms with Gasteiger partial charge in [-0.3, -0.25) is 5.41 Å². The van der Waals surface area contributed by atoms with Crippen molar-refractivity contribution in [2.24, 2.45) is 5.73 Å². The molecule has 0 saturated carbocycles. The molecule has 0 aromatic heterocycles. The van der Waals surface area contributed by atoms with Crippen LogP contribution in [0.5, 0.6) is 0 Å². The number of ether oxygens (including phenoxy) is 1. The van der Waals surface area contributed by atoms with Crippen LogP contribution in [-0.4, -0.2) is 36.3 Å². The molecule has 0 aromatic rings. The summed E-state index contributed by atoms with van der Waals surface area (Å²) in [4.78, 5) is 0. The zero-order valence-electron chi connectivity index (χ0n) is 8.40. The van der Waals surface area contributed by atoms with Crippen LogP contribution in [0.2, 0.25) is 0 Å². The van der Waals surface area contributed by atoms with Gasteiger partial charge in [-0.05, 0) is 12.8 Å². The second-order valence-corrected chi connectivity index (χ2v) is 3.72. The molecule has 0 radical (unpaired) electrons. The van der Waals surface area contributed by atoms with Gasteiger partial charge in [-0.25, -0.2) is 13.2 Å². The van der Waals surface area contributed by atoms with E-state index in [1.807, 2.05) is 0 Å². The summed E-state index contributed by atoms with van der Waals surface area (Å²) < 4.78 is 79.0. The van der Waals surface area contributed by atoms with Crippen LogP contribution in [0.1, 0.15) is 12.8 Å². The van der Waals surface area contributed by atoms with Gasteiger partial charge in [0.05, 0.1) is 0 Å². The van der Waals surface area contributed by atoms with Crippen molar-refractivity contribution < 1.29 is 31.1 Å². The third-order valence-electron chi connectivity index (χ3n) is 2.42. The Kier molecular flexibility index (Phi) is 3.60. The molecule has 1 aliphatic heterocycles. The molecule has 1 aliphatic rings. The zero-order chi connectivity index (χ0) is 13.4. The Labute approximate surface area is 92.4 Å². The predicted octanol–water partition coefficient (Wildman–Crippen LogP) is 2.01. The molecule has 100 valence electrons. The van der Waals surface area contributed by atoms with E-state index in [9.17, 15) is 26.3 Å². The fourth-order valence-corrected chi connectivity index (χ4v) is 1.53. The first kappa shape index (κ1) is 14.1. The molecule has 1 heterocycles. The standard InChI is InChI=1S/C8H10F6N2O/c9-6(8(12,13)14)7(10,11)4-2-1-3(17-4)5(15)16/h3-4,6H,1-2H2,(H3,15,16). The Morgan fingerprint density at radius 2 is 1.76 bits per heavy atom. The number of hydrogen-bond donors (Lipinski definition) is 2. The van der Waals surface area contributed by atoms with Crippen LogP contribution in [0.4, 0.5) is 26.3 Å². The topological polar surface area (TPSA) is 59.1 Å². The number of amidine groups is 1. The lowest BCUT2D eigenvalue weighted by Gasteiger charge is -2.27. The van der Waals surface area contributed by atoms with Crippen molar-refractivity contribution in [3.63, 3.8) is 0 Å². The van der Waals surface area contributed by atoms with Crippen molar-refractivity contribution >= 4 is 5.84 Å². The molecule has 3 N–H and O–H groups in total. The highest BCUT2D eigenvalue weighted by Crippen LogP contribution is 2.41. The molecule has 0 aliphatic carbocycles. The normalized spacial score (nSPS) is 28.1. The molecule has 1 saturated heterocycles. The molecule has 0 bridgehead atoms. The molecule has 9 heteroatoms. The number of alkyl halides is 6. The first-order chi connectivity index (χ1) is 7.56. The number of nitrogens with one attached hydrogen (secondary N) is 1. The molecule has 17 heavy (non-hydrogen) atoms. The Morgan fingerprint density at radius 1 is 1.24 bits per heavy atom. The number of halogens is 6. The van der Waals surface area contributed by atoms with E-state index in [0.29, 0.717) is 0 Å². The van der Waals surface area contributed by atoms with Gasteiger partial charge in [0, 0.05) is 0 Å². The fraction of sp³-hybridized carbons (Fsp3) is 0.875. The van der Waals surface area contributed by atoms with E-state index in [0.717, 1.165) is 0 Å². The maximum atomic E-state index is 13.1. The van der Waals surface area contributed by atoms with Gasteiger partial charge in [0.2, 0.25) is 0 Å². The van der Waals surface area contributed by atoms with E-state index in [1.54, 1.807) is 0 Å².